The zero-order valence-electron chi connectivity index (χ0n) is 17.4. The summed E-state index contributed by atoms with van der Waals surface area (Å²) in [6, 6.07) is 8.79. The van der Waals surface area contributed by atoms with Crippen LogP contribution in [-0.2, 0) is 9.59 Å². The molecular formula is C23H34N4O2. The van der Waals surface area contributed by atoms with Crippen LogP contribution in [0.4, 0.5) is 11.4 Å². The predicted molar refractivity (Wildman–Crippen MR) is 116 cm³/mol. The standard InChI is InChI=1S/C23H34N4O2/c28-22-8-6-18(10-12-24-22)16-26-14-3-15-27(21-5-2-1-4-20(21)26)17-19-7-9-23(29)25-13-11-19/h1-2,4-5,18-19H,3,6-17H2,(H,24,28)(H,25,29). The summed E-state index contributed by atoms with van der Waals surface area (Å²) < 4.78 is 0. The van der Waals surface area contributed by atoms with Gasteiger partial charge < -0.3 is 20.4 Å². The third-order valence-corrected chi connectivity index (χ3v) is 6.69. The summed E-state index contributed by atoms with van der Waals surface area (Å²) >= 11 is 0. The van der Waals surface area contributed by atoms with E-state index in [2.05, 4.69) is 44.7 Å². The zero-order chi connectivity index (χ0) is 20.1. The molecule has 4 rings (SSSR count). The Hall–Kier alpha value is -2.24. The number of anilines is 2. The molecule has 6 heteroatoms. The highest BCUT2D eigenvalue weighted by atomic mass is 16.2. The fraction of sp³-hybridized carbons (Fsp3) is 0.652. The van der Waals surface area contributed by atoms with Crippen molar-refractivity contribution in [1.29, 1.82) is 0 Å². The quantitative estimate of drug-likeness (QED) is 0.818. The van der Waals surface area contributed by atoms with Crippen LogP contribution in [-0.4, -0.2) is 51.1 Å². The van der Waals surface area contributed by atoms with Crippen LogP contribution in [0.15, 0.2) is 24.3 Å². The molecule has 0 radical (unpaired) electrons. The lowest BCUT2D eigenvalue weighted by atomic mass is 9.99. The van der Waals surface area contributed by atoms with Gasteiger partial charge in [0.15, 0.2) is 0 Å². The van der Waals surface area contributed by atoms with E-state index in [9.17, 15) is 9.59 Å². The second kappa shape index (κ2) is 9.51. The molecule has 3 heterocycles. The van der Waals surface area contributed by atoms with Crippen LogP contribution in [0.2, 0.25) is 0 Å². The Morgan fingerprint density at radius 3 is 1.72 bits per heavy atom. The van der Waals surface area contributed by atoms with Gasteiger partial charge in [-0.2, -0.15) is 0 Å². The molecule has 158 valence electrons. The number of benzene rings is 1. The zero-order valence-corrected chi connectivity index (χ0v) is 17.4. The van der Waals surface area contributed by atoms with Crippen molar-refractivity contribution in [2.45, 2.75) is 44.9 Å². The summed E-state index contributed by atoms with van der Waals surface area (Å²) in [4.78, 5) is 28.5. The minimum atomic E-state index is 0.200. The maximum Gasteiger partial charge on any atom is 0.220 e. The smallest absolute Gasteiger partial charge is 0.220 e. The summed E-state index contributed by atoms with van der Waals surface area (Å²) in [5.41, 5.74) is 2.66. The lowest BCUT2D eigenvalue weighted by molar-refractivity contribution is -0.121. The van der Waals surface area contributed by atoms with Crippen LogP contribution in [0.25, 0.3) is 0 Å². The SMILES string of the molecule is O=C1CCC(CN2CCCN(CC3CCNC(=O)CC3)c3ccccc32)CCN1. The first-order valence-electron chi connectivity index (χ1n) is 11.3. The van der Waals surface area contributed by atoms with Crippen LogP contribution in [0.3, 0.4) is 0 Å². The molecular weight excluding hydrogens is 364 g/mol. The molecule has 2 unspecified atom stereocenters. The fourth-order valence-electron chi connectivity index (χ4n) is 5.03. The molecule has 0 spiro atoms. The Bertz CT molecular complexity index is 664. The topological polar surface area (TPSA) is 64.7 Å². The Morgan fingerprint density at radius 1 is 0.759 bits per heavy atom. The normalized spacial score (nSPS) is 25.9. The van der Waals surface area contributed by atoms with E-state index in [1.807, 2.05) is 0 Å². The van der Waals surface area contributed by atoms with Crippen molar-refractivity contribution in [1.82, 2.24) is 10.6 Å². The highest BCUT2D eigenvalue weighted by molar-refractivity contribution is 5.76. The molecule has 0 bridgehead atoms. The Morgan fingerprint density at radius 2 is 1.24 bits per heavy atom. The number of carbonyl (C=O) groups excluding carboxylic acids is 2. The van der Waals surface area contributed by atoms with Crippen LogP contribution < -0.4 is 20.4 Å². The number of nitrogens with zero attached hydrogens (tertiary/aromatic N) is 2. The number of fused-ring (bicyclic) bond motifs is 1. The summed E-state index contributed by atoms with van der Waals surface area (Å²) in [5.74, 6) is 1.53. The minimum absolute atomic E-state index is 0.200. The number of rotatable bonds is 4. The molecule has 0 aliphatic carbocycles. The average molecular weight is 399 g/mol. The summed E-state index contributed by atoms with van der Waals surface area (Å²) in [6.07, 6.45) is 6.55. The lowest BCUT2D eigenvalue weighted by Crippen LogP contribution is -2.30. The van der Waals surface area contributed by atoms with Crippen molar-refractivity contribution in [3.8, 4) is 0 Å². The molecule has 2 fully saturated rings. The second-order valence-electron chi connectivity index (χ2n) is 8.82. The van der Waals surface area contributed by atoms with Crippen LogP contribution in [0.5, 0.6) is 0 Å². The largest absolute Gasteiger partial charge is 0.370 e. The molecule has 3 aliphatic rings. The van der Waals surface area contributed by atoms with Gasteiger partial charge in [-0.3, -0.25) is 9.59 Å². The maximum atomic E-state index is 11.7. The molecule has 1 aromatic rings. The van der Waals surface area contributed by atoms with Crippen LogP contribution in [0.1, 0.15) is 44.9 Å². The number of para-hydroxylation sites is 2. The minimum Gasteiger partial charge on any atom is -0.370 e. The van der Waals surface area contributed by atoms with Gasteiger partial charge in [-0.15, -0.1) is 0 Å². The van der Waals surface area contributed by atoms with Gasteiger partial charge in [0.2, 0.25) is 11.8 Å². The van der Waals surface area contributed by atoms with E-state index in [4.69, 9.17) is 0 Å². The van der Waals surface area contributed by atoms with Crippen LogP contribution in [0, 0.1) is 11.8 Å². The van der Waals surface area contributed by atoms with Gasteiger partial charge in [-0.1, -0.05) is 12.1 Å². The first kappa shape index (κ1) is 20.0. The molecule has 2 atom stereocenters. The van der Waals surface area contributed by atoms with Crippen molar-refractivity contribution < 1.29 is 9.59 Å². The van der Waals surface area contributed by atoms with E-state index in [-0.39, 0.29) is 11.8 Å². The predicted octanol–water partition coefficient (Wildman–Crippen LogP) is 2.54. The summed E-state index contributed by atoms with van der Waals surface area (Å²) in [6.45, 7) is 5.80. The molecule has 2 N–H and O–H groups in total. The molecule has 0 saturated carbocycles. The fourth-order valence-corrected chi connectivity index (χ4v) is 5.03. The molecule has 2 amide bonds. The van der Waals surface area contributed by atoms with E-state index >= 15 is 0 Å². The van der Waals surface area contributed by atoms with E-state index in [0.29, 0.717) is 24.7 Å². The van der Waals surface area contributed by atoms with Gasteiger partial charge in [0.25, 0.3) is 0 Å². The van der Waals surface area contributed by atoms with Gasteiger partial charge >= 0.3 is 0 Å². The second-order valence-corrected chi connectivity index (χ2v) is 8.82. The number of amides is 2. The maximum absolute atomic E-state index is 11.7. The van der Waals surface area contributed by atoms with Gasteiger partial charge in [0.1, 0.15) is 0 Å². The highest BCUT2D eigenvalue weighted by Crippen LogP contribution is 2.34. The molecule has 1 aromatic carbocycles. The number of hydrogen-bond donors (Lipinski definition) is 2. The van der Waals surface area contributed by atoms with E-state index < -0.39 is 0 Å². The van der Waals surface area contributed by atoms with Gasteiger partial charge in [-0.25, -0.2) is 0 Å². The van der Waals surface area contributed by atoms with Gasteiger partial charge in [-0.05, 0) is 56.1 Å². The van der Waals surface area contributed by atoms with Crippen LogP contribution >= 0.6 is 0 Å². The Balaban J connectivity index is 1.47. The number of hydrogen-bond acceptors (Lipinski definition) is 4. The van der Waals surface area contributed by atoms with Crippen molar-refractivity contribution in [3.05, 3.63) is 24.3 Å². The molecule has 6 nitrogen and oxygen atoms in total. The van der Waals surface area contributed by atoms with Crippen molar-refractivity contribution >= 4 is 23.2 Å². The number of carbonyl (C=O) groups is 2. The van der Waals surface area contributed by atoms with E-state index in [1.54, 1.807) is 0 Å². The van der Waals surface area contributed by atoms with Crippen molar-refractivity contribution in [2.24, 2.45) is 11.8 Å². The third-order valence-electron chi connectivity index (χ3n) is 6.69. The first-order chi connectivity index (χ1) is 14.2. The molecule has 0 aromatic heterocycles. The highest BCUT2D eigenvalue weighted by Gasteiger charge is 2.26. The Labute approximate surface area is 174 Å². The third kappa shape index (κ3) is 5.22. The first-order valence-corrected chi connectivity index (χ1v) is 11.3. The van der Waals surface area contributed by atoms with Gasteiger partial charge in [0, 0.05) is 52.1 Å². The summed E-state index contributed by atoms with van der Waals surface area (Å²) in [7, 11) is 0. The van der Waals surface area contributed by atoms with Crippen molar-refractivity contribution in [2.75, 3.05) is 49.1 Å². The molecule has 29 heavy (non-hydrogen) atoms. The van der Waals surface area contributed by atoms with E-state index in [0.717, 1.165) is 71.4 Å². The Kier molecular flexibility index (Phi) is 6.57. The number of nitrogens with one attached hydrogen (secondary N) is 2. The summed E-state index contributed by atoms with van der Waals surface area (Å²) in [5, 5.41) is 6.02. The average Bonchev–Trinajstić information content (AvgIpc) is 3.13. The van der Waals surface area contributed by atoms with Crippen molar-refractivity contribution in [3.63, 3.8) is 0 Å². The molecule has 3 aliphatic heterocycles. The van der Waals surface area contributed by atoms with E-state index in [1.165, 1.54) is 11.4 Å². The monoisotopic (exact) mass is 398 g/mol. The van der Waals surface area contributed by atoms with Gasteiger partial charge in [0.05, 0.1) is 11.4 Å². The molecule has 2 saturated heterocycles. The lowest BCUT2D eigenvalue weighted by Gasteiger charge is -2.31.